The van der Waals surface area contributed by atoms with Crippen LogP contribution in [0.3, 0.4) is 0 Å². The summed E-state index contributed by atoms with van der Waals surface area (Å²) in [6.45, 7) is 4.81. The lowest BCUT2D eigenvalue weighted by Gasteiger charge is -2.25. The minimum absolute atomic E-state index is 0.695. The van der Waals surface area contributed by atoms with E-state index in [1.165, 1.54) is 6.21 Å². The molecular formula is C17H21N3O2. The van der Waals surface area contributed by atoms with Crippen LogP contribution in [-0.2, 0) is 4.74 Å². The lowest BCUT2D eigenvalue weighted by molar-refractivity contribution is 0.0393. The molecule has 1 aliphatic heterocycles. The summed E-state index contributed by atoms with van der Waals surface area (Å²) in [6, 6.07) is 9.31. The quantitative estimate of drug-likeness (QED) is 0.695. The van der Waals surface area contributed by atoms with Gasteiger partial charge in [-0.2, -0.15) is 0 Å². The molecule has 0 spiro atoms. The molecule has 22 heavy (non-hydrogen) atoms. The summed E-state index contributed by atoms with van der Waals surface area (Å²) in [5.74, 6) is 0. The van der Waals surface area contributed by atoms with Gasteiger partial charge in [-0.05, 0) is 24.8 Å². The SMILES string of the molecule is N=CCCN1CCOCC1.O=Cc1ccnc2ccccc12. The number of aldehydes is 1. The van der Waals surface area contributed by atoms with Crippen molar-refractivity contribution >= 4 is 23.4 Å². The molecule has 0 saturated carbocycles. The van der Waals surface area contributed by atoms with Gasteiger partial charge in [-0.25, -0.2) is 0 Å². The van der Waals surface area contributed by atoms with Crippen LogP contribution in [0.2, 0.25) is 0 Å². The number of para-hydroxylation sites is 1. The standard InChI is InChI=1S/C10H7NO.C7H14N2O/c12-7-8-5-6-11-10-4-2-1-3-9(8)10;8-2-1-3-9-4-6-10-7-5-9/h1-7H;2,8H,1,3-7H2. The maximum Gasteiger partial charge on any atom is 0.150 e. The Hall–Kier alpha value is -2.11. The Morgan fingerprint density at radius 1 is 1.23 bits per heavy atom. The molecule has 5 heteroatoms. The maximum absolute atomic E-state index is 10.6. The molecule has 0 bridgehead atoms. The van der Waals surface area contributed by atoms with Gasteiger partial charge in [-0.3, -0.25) is 14.7 Å². The Labute approximate surface area is 130 Å². The fourth-order valence-electron chi connectivity index (χ4n) is 2.29. The monoisotopic (exact) mass is 299 g/mol. The molecule has 0 amide bonds. The first-order valence-corrected chi connectivity index (χ1v) is 7.43. The third-order valence-electron chi connectivity index (χ3n) is 3.50. The first-order chi connectivity index (χ1) is 10.8. The molecule has 0 radical (unpaired) electrons. The summed E-state index contributed by atoms with van der Waals surface area (Å²) in [7, 11) is 0. The predicted octanol–water partition coefficient (Wildman–Crippen LogP) is 2.41. The van der Waals surface area contributed by atoms with Gasteiger partial charge < -0.3 is 10.1 Å². The minimum atomic E-state index is 0.695. The van der Waals surface area contributed by atoms with E-state index in [2.05, 4.69) is 9.88 Å². The van der Waals surface area contributed by atoms with E-state index < -0.39 is 0 Å². The van der Waals surface area contributed by atoms with E-state index in [1.807, 2.05) is 24.3 Å². The van der Waals surface area contributed by atoms with Crippen molar-refractivity contribution in [3.63, 3.8) is 0 Å². The molecule has 1 aromatic heterocycles. The van der Waals surface area contributed by atoms with Gasteiger partial charge in [0.05, 0.1) is 18.7 Å². The summed E-state index contributed by atoms with van der Waals surface area (Å²) < 4.78 is 5.18. The molecule has 1 N–H and O–H groups in total. The molecule has 2 heterocycles. The van der Waals surface area contributed by atoms with E-state index >= 15 is 0 Å². The normalized spacial score (nSPS) is 14.9. The number of pyridine rings is 1. The van der Waals surface area contributed by atoms with Crippen LogP contribution in [0.1, 0.15) is 16.8 Å². The number of benzene rings is 1. The highest BCUT2D eigenvalue weighted by molar-refractivity contribution is 5.95. The molecule has 0 unspecified atom stereocenters. The molecule has 1 fully saturated rings. The largest absolute Gasteiger partial charge is 0.379 e. The van der Waals surface area contributed by atoms with E-state index in [4.69, 9.17) is 10.1 Å². The van der Waals surface area contributed by atoms with E-state index in [9.17, 15) is 4.79 Å². The van der Waals surface area contributed by atoms with Crippen LogP contribution in [0.15, 0.2) is 36.5 Å². The Morgan fingerprint density at radius 2 is 2.00 bits per heavy atom. The van der Waals surface area contributed by atoms with Crippen LogP contribution in [0.5, 0.6) is 0 Å². The number of ether oxygens (including phenoxy) is 1. The minimum Gasteiger partial charge on any atom is -0.379 e. The zero-order chi connectivity index (χ0) is 15.6. The fourth-order valence-corrected chi connectivity index (χ4v) is 2.29. The van der Waals surface area contributed by atoms with Gasteiger partial charge in [-0.1, -0.05) is 18.2 Å². The number of carbonyl (C=O) groups is 1. The van der Waals surface area contributed by atoms with Crippen molar-refractivity contribution in [2.45, 2.75) is 6.42 Å². The first kappa shape index (κ1) is 16.3. The van der Waals surface area contributed by atoms with Crippen molar-refractivity contribution in [3.05, 3.63) is 42.1 Å². The number of carbonyl (C=O) groups excluding carboxylic acids is 1. The molecule has 116 valence electrons. The molecule has 0 atom stereocenters. The molecule has 5 nitrogen and oxygen atoms in total. The van der Waals surface area contributed by atoms with Gasteiger partial charge in [-0.15, -0.1) is 0 Å². The first-order valence-electron chi connectivity index (χ1n) is 7.43. The van der Waals surface area contributed by atoms with Gasteiger partial charge in [0, 0.05) is 36.8 Å². The van der Waals surface area contributed by atoms with Gasteiger partial charge in [0.2, 0.25) is 0 Å². The molecule has 0 aliphatic carbocycles. The highest BCUT2D eigenvalue weighted by atomic mass is 16.5. The Bertz CT molecular complexity index is 604. The van der Waals surface area contributed by atoms with Crippen LogP contribution < -0.4 is 0 Å². The number of hydrogen-bond acceptors (Lipinski definition) is 5. The average molecular weight is 299 g/mol. The zero-order valence-electron chi connectivity index (χ0n) is 12.6. The van der Waals surface area contributed by atoms with E-state index in [0.29, 0.717) is 5.56 Å². The summed E-state index contributed by atoms with van der Waals surface area (Å²) in [4.78, 5) is 17.1. The molecule has 2 aromatic rings. The van der Waals surface area contributed by atoms with Gasteiger partial charge in [0.25, 0.3) is 0 Å². The number of nitrogens with one attached hydrogen (secondary N) is 1. The molecule has 3 rings (SSSR count). The fraction of sp³-hybridized carbons (Fsp3) is 0.353. The van der Waals surface area contributed by atoms with Gasteiger partial charge in [0.1, 0.15) is 0 Å². The van der Waals surface area contributed by atoms with Crippen molar-refractivity contribution < 1.29 is 9.53 Å². The number of rotatable bonds is 4. The van der Waals surface area contributed by atoms with E-state index in [0.717, 1.165) is 56.5 Å². The second-order valence-electron chi connectivity index (χ2n) is 4.98. The van der Waals surface area contributed by atoms with E-state index in [-0.39, 0.29) is 0 Å². The van der Waals surface area contributed by atoms with Crippen LogP contribution >= 0.6 is 0 Å². The lowest BCUT2D eigenvalue weighted by atomic mass is 10.1. The molecule has 1 saturated heterocycles. The zero-order valence-corrected chi connectivity index (χ0v) is 12.6. The Morgan fingerprint density at radius 3 is 2.73 bits per heavy atom. The second-order valence-corrected chi connectivity index (χ2v) is 4.98. The van der Waals surface area contributed by atoms with Crippen LogP contribution in [-0.4, -0.2) is 55.2 Å². The number of hydrogen-bond donors (Lipinski definition) is 1. The third-order valence-corrected chi connectivity index (χ3v) is 3.50. The van der Waals surface area contributed by atoms with Crippen molar-refractivity contribution in [2.24, 2.45) is 0 Å². The van der Waals surface area contributed by atoms with Crippen LogP contribution in [0.4, 0.5) is 0 Å². The number of fused-ring (bicyclic) bond motifs is 1. The summed E-state index contributed by atoms with van der Waals surface area (Å²) in [5.41, 5.74) is 1.56. The Balaban J connectivity index is 0.000000164. The van der Waals surface area contributed by atoms with Crippen LogP contribution in [0, 0.1) is 5.41 Å². The predicted molar refractivity (Wildman–Crippen MR) is 87.8 cm³/mol. The maximum atomic E-state index is 10.6. The number of morpholine rings is 1. The number of aromatic nitrogens is 1. The van der Waals surface area contributed by atoms with Crippen LogP contribution in [0.25, 0.3) is 10.9 Å². The third kappa shape index (κ3) is 4.72. The van der Waals surface area contributed by atoms with Gasteiger partial charge in [0.15, 0.2) is 6.29 Å². The highest BCUT2D eigenvalue weighted by Gasteiger charge is 2.07. The molecular weight excluding hydrogens is 278 g/mol. The highest BCUT2D eigenvalue weighted by Crippen LogP contribution is 2.13. The van der Waals surface area contributed by atoms with Crippen molar-refractivity contribution in [1.29, 1.82) is 5.41 Å². The molecule has 1 aromatic carbocycles. The second kappa shape index (κ2) is 9.02. The Kier molecular flexibility index (Phi) is 6.67. The van der Waals surface area contributed by atoms with E-state index in [1.54, 1.807) is 12.3 Å². The molecule has 1 aliphatic rings. The van der Waals surface area contributed by atoms with Crippen molar-refractivity contribution in [3.8, 4) is 0 Å². The lowest BCUT2D eigenvalue weighted by Crippen LogP contribution is -2.36. The number of nitrogens with zero attached hydrogens (tertiary/aromatic N) is 2. The van der Waals surface area contributed by atoms with Gasteiger partial charge >= 0.3 is 0 Å². The summed E-state index contributed by atoms with van der Waals surface area (Å²) >= 11 is 0. The smallest absolute Gasteiger partial charge is 0.150 e. The van der Waals surface area contributed by atoms with Crippen molar-refractivity contribution in [2.75, 3.05) is 32.8 Å². The van der Waals surface area contributed by atoms with Crippen molar-refractivity contribution in [1.82, 2.24) is 9.88 Å². The summed E-state index contributed by atoms with van der Waals surface area (Å²) in [6.07, 6.45) is 4.84. The summed E-state index contributed by atoms with van der Waals surface area (Å²) in [5, 5.41) is 7.75. The topological polar surface area (TPSA) is 66.3 Å². The average Bonchev–Trinajstić information content (AvgIpc) is 2.61.